The summed E-state index contributed by atoms with van der Waals surface area (Å²) in [4.78, 5) is 1.15. The fraction of sp³-hybridized carbons (Fsp3) is 0.556. The summed E-state index contributed by atoms with van der Waals surface area (Å²) in [5, 5.41) is 5.12. The molecule has 15 heavy (non-hydrogen) atoms. The summed E-state index contributed by atoms with van der Waals surface area (Å²) in [6, 6.07) is 2.08. The fourth-order valence-corrected chi connectivity index (χ4v) is 3.75. The maximum atomic E-state index is 11.1. The van der Waals surface area contributed by atoms with Gasteiger partial charge in [-0.15, -0.1) is 11.3 Å². The van der Waals surface area contributed by atoms with Crippen LogP contribution in [-0.2, 0) is 9.84 Å². The van der Waals surface area contributed by atoms with Crippen LogP contribution in [0.1, 0.15) is 17.3 Å². The van der Waals surface area contributed by atoms with Crippen LogP contribution in [-0.4, -0.2) is 27.5 Å². The van der Waals surface area contributed by atoms with Crippen LogP contribution in [0.2, 0.25) is 0 Å². The van der Waals surface area contributed by atoms with E-state index in [1.165, 1.54) is 6.26 Å². The first-order valence-corrected chi connectivity index (χ1v) is 8.25. The van der Waals surface area contributed by atoms with Gasteiger partial charge in [-0.25, -0.2) is 8.42 Å². The number of hydrogen-bond donors (Lipinski definition) is 1. The fourth-order valence-electron chi connectivity index (χ4n) is 1.29. The molecular formula is C9H14BrNO2S2. The number of rotatable bonds is 5. The van der Waals surface area contributed by atoms with Gasteiger partial charge in [-0.05, 0) is 40.8 Å². The van der Waals surface area contributed by atoms with Gasteiger partial charge in [0.15, 0.2) is 0 Å². The third-order valence-electron chi connectivity index (χ3n) is 2.09. The average molecular weight is 312 g/mol. The highest BCUT2D eigenvalue weighted by molar-refractivity contribution is 9.10. The van der Waals surface area contributed by atoms with Gasteiger partial charge in [0.25, 0.3) is 0 Å². The molecule has 1 rings (SSSR count). The SMILES string of the molecule is CNC(CCS(C)(=O)=O)c1sccc1Br. The Balaban J connectivity index is 2.70. The van der Waals surface area contributed by atoms with Gasteiger partial charge in [0.2, 0.25) is 0 Å². The summed E-state index contributed by atoms with van der Waals surface area (Å²) in [7, 11) is -1.04. The lowest BCUT2D eigenvalue weighted by atomic mass is 10.2. The number of nitrogens with one attached hydrogen (secondary N) is 1. The van der Waals surface area contributed by atoms with Crippen LogP contribution in [0.4, 0.5) is 0 Å². The van der Waals surface area contributed by atoms with Gasteiger partial charge in [-0.1, -0.05) is 0 Å². The minimum Gasteiger partial charge on any atom is -0.312 e. The van der Waals surface area contributed by atoms with E-state index in [0.717, 1.165) is 9.35 Å². The molecule has 1 unspecified atom stereocenters. The van der Waals surface area contributed by atoms with Crippen molar-refractivity contribution in [3.63, 3.8) is 0 Å². The monoisotopic (exact) mass is 311 g/mol. The molecule has 3 nitrogen and oxygen atoms in total. The van der Waals surface area contributed by atoms with Crippen LogP contribution in [0, 0.1) is 0 Å². The topological polar surface area (TPSA) is 46.2 Å². The predicted octanol–water partition coefficient (Wildman–Crippen LogP) is 2.21. The molecule has 0 spiro atoms. The van der Waals surface area contributed by atoms with E-state index in [-0.39, 0.29) is 11.8 Å². The van der Waals surface area contributed by atoms with Crippen molar-refractivity contribution in [3.05, 3.63) is 20.8 Å². The molecule has 0 aromatic carbocycles. The molecule has 0 radical (unpaired) electrons. The van der Waals surface area contributed by atoms with E-state index < -0.39 is 9.84 Å². The van der Waals surface area contributed by atoms with Crippen LogP contribution in [0.25, 0.3) is 0 Å². The quantitative estimate of drug-likeness (QED) is 0.907. The van der Waals surface area contributed by atoms with Crippen molar-refractivity contribution < 1.29 is 8.42 Å². The Labute approximate surface area is 103 Å². The Kier molecular flexibility index (Phi) is 4.76. The van der Waals surface area contributed by atoms with Crippen molar-refractivity contribution in [2.45, 2.75) is 12.5 Å². The van der Waals surface area contributed by atoms with Gasteiger partial charge in [0, 0.05) is 21.6 Å². The lowest BCUT2D eigenvalue weighted by molar-refractivity contribution is 0.563. The zero-order valence-corrected chi connectivity index (χ0v) is 11.9. The summed E-state index contributed by atoms with van der Waals surface area (Å²) < 4.78 is 23.2. The molecule has 0 bridgehead atoms. The minimum atomic E-state index is -2.88. The molecule has 0 aliphatic carbocycles. The number of thiophene rings is 1. The van der Waals surface area contributed by atoms with Gasteiger partial charge in [0.1, 0.15) is 9.84 Å². The van der Waals surface area contributed by atoms with E-state index in [1.807, 2.05) is 18.5 Å². The Morgan fingerprint density at radius 3 is 2.67 bits per heavy atom. The van der Waals surface area contributed by atoms with E-state index >= 15 is 0 Å². The van der Waals surface area contributed by atoms with Crippen LogP contribution < -0.4 is 5.32 Å². The molecule has 0 saturated heterocycles. The molecule has 1 aromatic rings. The third kappa shape index (κ3) is 4.22. The average Bonchev–Trinajstić information content (AvgIpc) is 2.52. The second-order valence-corrected chi connectivity index (χ2v) is 7.45. The molecule has 1 heterocycles. The number of sulfone groups is 1. The molecular weight excluding hydrogens is 298 g/mol. The van der Waals surface area contributed by atoms with Gasteiger partial charge in [-0.3, -0.25) is 0 Å². The molecule has 0 fully saturated rings. The minimum absolute atomic E-state index is 0.106. The van der Waals surface area contributed by atoms with E-state index in [4.69, 9.17) is 0 Å². The highest BCUT2D eigenvalue weighted by Gasteiger charge is 2.16. The zero-order chi connectivity index (χ0) is 11.5. The molecule has 86 valence electrons. The standard InChI is InChI=1S/C9H14BrNO2S2/c1-11-8(4-6-15(2,12)13)9-7(10)3-5-14-9/h3,5,8,11H,4,6H2,1-2H3. The highest BCUT2D eigenvalue weighted by atomic mass is 79.9. The van der Waals surface area contributed by atoms with E-state index in [0.29, 0.717) is 6.42 Å². The zero-order valence-electron chi connectivity index (χ0n) is 8.66. The summed E-state index contributed by atoms with van der Waals surface area (Å²) in [6.07, 6.45) is 1.87. The molecule has 0 aliphatic rings. The summed E-state index contributed by atoms with van der Waals surface area (Å²) in [6.45, 7) is 0. The number of hydrogen-bond acceptors (Lipinski definition) is 4. The second-order valence-electron chi connectivity index (χ2n) is 3.39. The lowest BCUT2D eigenvalue weighted by Gasteiger charge is -2.14. The smallest absolute Gasteiger partial charge is 0.147 e. The largest absolute Gasteiger partial charge is 0.312 e. The first-order valence-electron chi connectivity index (χ1n) is 4.52. The van der Waals surface area contributed by atoms with Gasteiger partial charge in [-0.2, -0.15) is 0 Å². The second kappa shape index (κ2) is 5.43. The normalized spacial score (nSPS) is 14.1. The summed E-state index contributed by atoms with van der Waals surface area (Å²) in [5.74, 6) is 0.211. The summed E-state index contributed by atoms with van der Waals surface area (Å²) >= 11 is 5.08. The first kappa shape index (κ1) is 13.2. The van der Waals surface area contributed by atoms with Crippen LogP contribution in [0.15, 0.2) is 15.9 Å². The van der Waals surface area contributed by atoms with E-state index in [2.05, 4.69) is 21.2 Å². The van der Waals surface area contributed by atoms with E-state index in [9.17, 15) is 8.42 Å². The Morgan fingerprint density at radius 1 is 1.60 bits per heavy atom. The highest BCUT2D eigenvalue weighted by Crippen LogP contribution is 2.30. The molecule has 1 aromatic heterocycles. The Hall–Kier alpha value is 0.0900. The van der Waals surface area contributed by atoms with Gasteiger partial charge < -0.3 is 5.32 Å². The van der Waals surface area contributed by atoms with Crippen molar-refractivity contribution in [1.82, 2.24) is 5.32 Å². The van der Waals surface area contributed by atoms with Crippen molar-refractivity contribution in [3.8, 4) is 0 Å². The lowest BCUT2D eigenvalue weighted by Crippen LogP contribution is -2.19. The Bertz CT molecular complexity index is 414. The molecule has 1 N–H and O–H groups in total. The molecule has 0 saturated carbocycles. The van der Waals surface area contributed by atoms with Crippen molar-refractivity contribution in [2.24, 2.45) is 0 Å². The van der Waals surface area contributed by atoms with Crippen molar-refractivity contribution in [1.29, 1.82) is 0 Å². The predicted molar refractivity (Wildman–Crippen MR) is 68.1 cm³/mol. The third-order valence-corrected chi connectivity index (χ3v) is 5.05. The van der Waals surface area contributed by atoms with E-state index in [1.54, 1.807) is 11.3 Å². The Morgan fingerprint density at radius 2 is 2.27 bits per heavy atom. The molecule has 6 heteroatoms. The van der Waals surface area contributed by atoms with Crippen molar-refractivity contribution in [2.75, 3.05) is 19.1 Å². The van der Waals surface area contributed by atoms with Crippen molar-refractivity contribution >= 4 is 37.1 Å². The first-order chi connectivity index (χ1) is 6.94. The molecule has 0 amide bonds. The number of halogens is 1. The maximum absolute atomic E-state index is 11.1. The summed E-state index contributed by atoms with van der Waals surface area (Å²) in [5.41, 5.74) is 0. The molecule has 0 aliphatic heterocycles. The maximum Gasteiger partial charge on any atom is 0.147 e. The van der Waals surface area contributed by atoms with Gasteiger partial charge >= 0.3 is 0 Å². The van der Waals surface area contributed by atoms with Gasteiger partial charge in [0.05, 0.1) is 5.75 Å². The van der Waals surface area contributed by atoms with Crippen LogP contribution in [0.3, 0.4) is 0 Å². The molecule has 1 atom stereocenters. The van der Waals surface area contributed by atoms with Crippen LogP contribution in [0.5, 0.6) is 0 Å². The van der Waals surface area contributed by atoms with Crippen LogP contribution >= 0.6 is 27.3 Å².